The van der Waals surface area contributed by atoms with Crippen LogP contribution < -0.4 is 11.1 Å². The first-order valence-corrected chi connectivity index (χ1v) is 9.95. The second-order valence-electron chi connectivity index (χ2n) is 6.61. The van der Waals surface area contributed by atoms with Gasteiger partial charge >= 0.3 is 0 Å². The van der Waals surface area contributed by atoms with Crippen molar-refractivity contribution in [1.29, 1.82) is 5.41 Å². The van der Waals surface area contributed by atoms with E-state index in [9.17, 15) is 9.18 Å². The van der Waals surface area contributed by atoms with E-state index < -0.39 is 5.82 Å². The highest BCUT2D eigenvalue weighted by Crippen LogP contribution is 2.28. The molecule has 1 N–H and O–H groups in total. The average Bonchev–Trinajstić information content (AvgIpc) is 2.75. The molecule has 5 nitrogen and oxygen atoms in total. The molecule has 0 spiro atoms. The van der Waals surface area contributed by atoms with Crippen LogP contribution in [0.4, 0.5) is 4.39 Å². The molecule has 0 aliphatic carbocycles. The minimum Gasteiger partial charge on any atom is -0.438 e. The van der Waals surface area contributed by atoms with Crippen molar-refractivity contribution in [2.45, 2.75) is 10.1 Å². The highest BCUT2D eigenvalue weighted by molar-refractivity contribution is 7.99. The summed E-state index contributed by atoms with van der Waals surface area (Å²) >= 11 is 1.16. The Bertz CT molecular complexity index is 1520. The van der Waals surface area contributed by atoms with Gasteiger partial charge in [0.1, 0.15) is 11.4 Å². The lowest BCUT2D eigenvalue weighted by molar-refractivity contribution is 0.514. The highest BCUT2D eigenvalue weighted by atomic mass is 32.2. The average molecular weight is 415 g/mol. The fraction of sp³-hybridized carbons (Fsp3) is 0. The Morgan fingerprint density at radius 1 is 0.967 bits per heavy atom. The van der Waals surface area contributed by atoms with Gasteiger partial charge in [-0.2, -0.15) is 0 Å². The Morgan fingerprint density at radius 3 is 2.53 bits per heavy atom. The predicted molar refractivity (Wildman–Crippen MR) is 113 cm³/mol. The van der Waals surface area contributed by atoms with Gasteiger partial charge in [-0.25, -0.2) is 9.37 Å². The van der Waals surface area contributed by atoms with E-state index in [1.807, 2.05) is 30.3 Å². The van der Waals surface area contributed by atoms with Crippen molar-refractivity contribution in [3.63, 3.8) is 0 Å². The molecular weight excluding hydrogens is 401 g/mol. The summed E-state index contributed by atoms with van der Waals surface area (Å²) in [5.74, 6) is -0.392. The van der Waals surface area contributed by atoms with Crippen molar-refractivity contribution >= 4 is 33.6 Å². The molecular formula is C23H14FN3O2S. The molecule has 0 unspecified atom stereocenters. The zero-order chi connectivity index (χ0) is 20.7. The molecule has 0 saturated heterocycles. The number of halogens is 1. The van der Waals surface area contributed by atoms with Crippen LogP contribution in [0.1, 0.15) is 0 Å². The molecule has 0 radical (unpaired) electrons. The molecule has 0 fully saturated rings. The van der Waals surface area contributed by atoms with E-state index in [1.165, 1.54) is 28.8 Å². The molecule has 2 aromatic heterocycles. The fourth-order valence-corrected chi connectivity index (χ4v) is 4.17. The number of nitrogens with one attached hydrogen (secondary N) is 1. The van der Waals surface area contributed by atoms with Crippen molar-refractivity contribution in [2.24, 2.45) is 0 Å². The maximum absolute atomic E-state index is 13.5. The normalized spacial score (nSPS) is 11.2. The second-order valence-corrected chi connectivity index (χ2v) is 7.62. The molecule has 30 heavy (non-hydrogen) atoms. The summed E-state index contributed by atoms with van der Waals surface area (Å²) in [6.45, 7) is 0. The third-order valence-corrected chi connectivity index (χ3v) is 5.65. The van der Waals surface area contributed by atoms with Crippen molar-refractivity contribution in [3.8, 4) is 5.69 Å². The summed E-state index contributed by atoms with van der Waals surface area (Å²) in [4.78, 5) is 18.4. The molecule has 7 heteroatoms. The quantitative estimate of drug-likeness (QED) is 0.426. The Hall–Kier alpha value is -3.71. The van der Waals surface area contributed by atoms with Crippen molar-refractivity contribution in [2.75, 3.05) is 0 Å². The lowest BCUT2D eigenvalue weighted by Crippen LogP contribution is -2.22. The molecule has 0 bridgehead atoms. The van der Waals surface area contributed by atoms with Gasteiger partial charge in [0.15, 0.2) is 5.16 Å². The number of aromatic nitrogens is 2. The molecule has 146 valence electrons. The number of benzene rings is 3. The van der Waals surface area contributed by atoms with Crippen LogP contribution in [0.5, 0.6) is 0 Å². The third kappa shape index (κ3) is 3.19. The summed E-state index contributed by atoms with van der Waals surface area (Å²) in [7, 11) is 0. The number of hydrogen-bond donors (Lipinski definition) is 1. The van der Waals surface area contributed by atoms with Crippen LogP contribution in [-0.4, -0.2) is 9.55 Å². The first kappa shape index (κ1) is 18.3. The van der Waals surface area contributed by atoms with Crippen LogP contribution in [0.25, 0.3) is 27.6 Å². The largest absolute Gasteiger partial charge is 0.438 e. The summed E-state index contributed by atoms with van der Waals surface area (Å²) in [5.41, 5.74) is 1.36. The summed E-state index contributed by atoms with van der Waals surface area (Å²) < 4.78 is 20.5. The standard InChI is InChI=1S/C23H14FN3O2S/c24-15-9-11-16(12-10-15)27-22(28)17-6-2-3-7-18(17)26-23(27)30-20-13-14-5-1-4-8-19(14)29-21(20)25/h1-13,25H. The van der Waals surface area contributed by atoms with E-state index >= 15 is 0 Å². The number of fused-ring (bicyclic) bond motifs is 2. The van der Waals surface area contributed by atoms with Crippen LogP contribution >= 0.6 is 11.8 Å². The van der Waals surface area contributed by atoms with Gasteiger partial charge < -0.3 is 4.42 Å². The number of rotatable bonds is 3. The van der Waals surface area contributed by atoms with Gasteiger partial charge in [0.2, 0.25) is 5.55 Å². The molecule has 0 atom stereocenters. The second kappa shape index (κ2) is 7.27. The molecule has 3 aromatic carbocycles. The third-order valence-electron chi connectivity index (χ3n) is 4.67. The molecule has 2 heterocycles. The van der Waals surface area contributed by atoms with Crippen LogP contribution in [0.15, 0.2) is 98.1 Å². The first-order chi connectivity index (χ1) is 14.6. The number of nitrogens with zero attached hydrogens (tertiary/aromatic N) is 2. The molecule has 0 amide bonds. The SMILES string of the molecule is N=c1oc2ccccc2cc1Sc1nc2ccccc2c(=O)n1-c1ccc(F)cc1. The minimum absolute atomic E-state index is 0.0215. The van der Waals surface area contributed by atoms with Gasteiger partial charge in [0.25, 0.3) is 5.56 Å². The topological polar surface area (TPSA) is 71.9 Å². The molecule has 0 saturated carbocycles. The van der Waals surface area contributed by atoms with E-state index in [0.29, 0.717) is 32.2 Å². The number of para-hydroxylation sites is 2. The summed E-state index contributed by atoms with van der Waals surface area (Å²) in [6, 6.07) is 22.0. The lowest BCUT2D eigenvalue weighted by Gasteiger charge is -2.13. The lowest BCUT2D eigenvalue weighted by atomic mass is 10.2. The van der Waals surface area contributed by atoms with Gasteiger partial charge in [-0.15, -0.1) is 0 Å². The minimum atomic E-state index is -0.392. The van der Waals surface area contributed by atoms with E-state index in [0.717, 1.165) is 17.1 Å². The van der Waals surface area contributed by atoms with Crippen LogP contribution in [0.3, 0.4) is 0 Å². The Kier molecular flexibility index (Phi) is 4.44. The summed E-state index contributed by atoms with van der Waals surface area (Å²) in [6.07, 6.45) is 0. The Labute approximate surface area is 173 Å². The van der Waals surface area contributed by atoms with Gasteiger partial charge in [-0.3, -0.25) is 14.8 Å². The van der Waals surface area contributed by atoms with Gasteiger partial charge in [0.05, 0.1) is 21.5 Å². The highest BCUT2D eigenvalue weighted by Gasteiger charge is 2.16. The van der Waals surface area contributed by atoms with Crippen LogP contribution in [0, 0.1) is 11.2 Å². The predicted octanol–water partition coefficient (Wildman–Crippen LogP) is 4.90. The van der Waals surface area contributed by atoms with E-state index in [2.05, 4.69) is 4.98 Å². The van der Waals surface area contributed by atoms with Crippen LogP contribution in [-0.2, 0) is 0 Å². The van der Waals surface area contributed by atoms with Crippen molar-refractivity contribution in [3.05, 3.63) is 101 Å². The Morgan fingerprint density at radius 2 is 1.70 bits per heavy atom. The van der Waals surface area contributed by atoms with Crippen molar-refractivity contribution in [1.82, 2.24) is 9.55 Å². The monoisotopic (exact) mass is 415 g/mol. The molecule has 0 aliphatic rings. The summed E-state index contributed by atoms with van der Waals surface area (Å²) in [5, 5.41) is 9.93. The smallest absolute Gasteiger partial charge is 0.266 e. The van der Waals surface area contributed by atoms with Gasteiger partial charge in [-0.05, 0) is 60.3 Å². The maximum Gasteiger partial charge on any atom is 0.266 e. The fourth-order valence-electron chi connectivity index (χ4n) is 3.23. The first-order valence-electron chi connectivity index (χ1n) is 9.13. The van der Waals surface area contributed by atoms with Crippen LogP contribution in [0.2, 0.25) is 0 Å². The Balaban J connectivity index is 1.75. The van der Waals surface area contributed by atoms with E-state index in [1.54, 1.807) is 24.3 Å². The van der Waals surface area contributed by atoms with E-state index in [-0.39, 0.29) is 11.1 Å². The molecule has 5 aromatic rings. The molecule has 0 aliphatic heterocycles. The molecule has 5 rings (SSSR count). The maximum atomic E-state index is 13.5. The van der Waals surface area contributed by atoms with Gasteiger partial charge in [0, 0.05) is 5.39 Å². The number of hydrogen-bond acceptors (Lipinski definition) is 5. The van der Waals surface area contributed by atoms with Crippen molar-refractivity contribution < 1.29 is 8.81 Å². The zero-order valence-electron chi connectivity index (χ0n) is 15.5. The van der Waals surface area contributed by atoms with E-state index in [4.69, 9.17) is 9.83 Å². The van der Waals surface area contributed by atoms with Gasteiger partial charge in [-0.1, -0.05) is 30.3 Å². The zero-order valence-corrected chi connectivity index (χ0v) is 16.3.